The smallest absolute Gasteiger partial charge is 0.222 e. The molecule has 6 heteroatoms. The molecule has 0 saturated carbocycles. The molecule has 0 radical (unpaired) electrons. The molecule has 1 unspecified atom stereocenters. The minimum atomic E-state index is 0.162. The molecular formula is C13H23N5O. The Bertz CT molecular complexity index is 411. The normalized spacial score (nSPS) is 19.4. The number of nitrogens with zero attached hydrogens (tertiary/aromatic N) is 3. The summed E-state index contributed by atoms with van der Waals surface area (Å²) in [4.78, 5) is 17.9. The third-order valence-corrected chi connectivity index (χ3v) is 3.57. The Balaban J connectivity index is 1.72. The van der Waals surface area contributed by atoms with Crippen molar-refractivity contribution in [2.45, 2.75) is 51.6 Å². The number of H-pyrrole nitrogens is 1. The third kappa shape index (κ3) is 4.31. The van der Waals surface area contributed by atoms with Gasteiger partial charge in [0.1, 0.15) is 5.82 Å². The van der Waals surface area contributed by atoms with Crippen molar-refractivity contribution >= 4 is 5.91 Å². The van der Waals surface area contributed by atoms with E-state index in [1.54, 1.807) is 4.90 Å². The summed E-state index contributed by atoms with van der Waals surface area (Å²) in [6, 6.07) is 0.511. The molecule has 0 spiro atoms. The predicted molar refractivity (Wildman–Crippen MR) is 72.5 cm³/mol. The van der Waals surface area contributed by atoms with Crippen LogP contribution < -0.4 is 5.32 Å². The summed E-state index contributed by atoms with van der Waals surface area (Å²) in [6.45, 7) is 3.42. The van der Waals surface area contributed by atoms with Crippen LogP contribution in [0.4, 0.5) is 0 Å². The van der Waals surface area contributed by atoms with Gasteiger partial charge < -0.3 is 10.2 Å². The molecule has 1 aromatic rings. The van der Waals surface area contributed by atoms with Crippen LogP contribution in [0.15, 0.2) is 0 Å². The Hall–Kier alpha value is -1.43. The lowest BCUT2D eigenvalue weighted by atomic mass is 10.0. The number of amides is 1. The Morgan fingerprint density at radius 3 is 2.95 bits per heavy atom. The minimum absolute atomic E-state index is 0.162. The molecule has 1 aromatic heterocycles. The van der Waals surface area contributed by atoms with Gasteiger partial charge in [0.2, 0.25) is 5.91 Å². The van der Waals surface area contributed by atoms with Crippen molar-refractivity contribution in [1.29, 1.82) is 0 Å². The molecule has 1 aliphatic rings. The molecule has 106 valence electrons. The van der Waals surface area contributed by atoms with Gasteiger partial charge in [0.25, 0.3) is 0 Å². The van der Waals surface area contributed by atoms with Crippen molar-refractivity contribution < 1.29 is 4.79 Å². The lowest BCUT2D eigenvalue weighted by Gasteiger charge is -2.24. The SMILES string of the molecule is Cc1nc(CN(C)C(=O)CCC2CCCCN2)n[nH]1. The highest BCUT2D eigenvalue weighted by Crippen LogP contribution is 2.12. The highest BCUT2D eigenvalue weighted by Gasteiger charge is 2.16. The fraction of sp³-hybridized carbons (Fsp3) is 0.769. The van der Waals surface area contributed by atoms with Gasteiger partial charge in [0.05, 0.1) is 6.54 Å². The van der Waals surface area contributed by atoms with Crippen molar-refractivity contribution in [3.05, 3.63) is 11.6 Å². The van der Waals surface area contributed by atoms with Crippen molar-refractivity contribution in [1.82, 2.24) is 25.4 Å². The zero-order chi connectivity index (χ0) is 13.7. The van der Waals surface area contributed by atoms with Crippen LogP contribution in [0.25, 0.3) is 0 Å². The minimum Gasteiger partial charge on any atom is -0.338 e. The largest absolute Gasteiger partial charge is 0.338 e. The average Bonchev–Trinajstić information content (AvgIpc) is 2.82. The van der Waals surface area contributed by atoms with E-state index in [0.29, 0.717) is 24.8 Å². The van der Waals surface area contributed by atoms with E-state index in [-0.39, 0.29) is 5.91 Å². The van der Waals surface area contributed by atoms with Crippen molar-refractivity contribution in [2.75, 3.05) is 13.6 Å². The third-order valence-electron chi connectivity index (χ3n) is 3.57. The number of aryl methyl sites for hydroxylation is 1. The first kappa shape index (κ1) is 14.0. The first-order valence-corrected chi connectivity index (χ1v) is 7.00. The number of hydrogen-bond acceptors (Lipinski definition) is 4. The predicted octanol–water partition coefficient (Wildman–Crippen LogP) is 0.994. The van der Waals surface area contributed by atoms with Crippen LogP contribution >= 0.6 is 0 Å². The molecule has 19 heavy (non-hydrogen) atoms. The maximum atomic E-state index is 12.0. The van der Waals surface area contributed by atoms with Gasteiger partial charge in [0.15, 0.2) is 5.82 Å². The molecule has 1 fully saturated rings. The van der Waals surface area contributed by atoms with Gasteiger partial charge in [-0.15, -0.1) is 0 Å². The summed E-state index contributed by atoms with van der Waals surface area (Å²) in [6.07, 6.45) is 5.25. The van der Waals surface area contributed by atoms with E-state index >= 15 is 0 Å². The second-order valence-electron chi connectivity index (χ2n) is 5.27. The number of nitrogens with one attached hydrogen (secondary N) is 2. The lowest BCUT2D eigenvalue weighted by molar-refractivity contribution is -0.130. The molecule has 2 rings (SSSR count). The van der Waals surface area contributed by atoms with E-state index < -0.39 is 0 Å². The monoisotopic (exact) mass is 265 g/mol. The van der Waals surface area contributed by atoms with Gasteiger partial charge in [-0.05, 0) is 32.7 Å². The number of carbonyl (C=O) groups excluding carboxylic acids is 1. The highest BCUT2D eigenvalue weighted by atomic mass is 16.2. The van der Waals surface area contributed by atoms with Crippen LogP contribution in [0.1, 0.15) is 43.8 Å². The van der Waals surface area contributed by atoms with Gasteiger partial charge in [-0.1, -0.05) is 6.42 Å². The van der Waals surface area contributed by atoms with Crippen LogP contribution in [0, 0.1) is 6.92 Å². The van der Waals surface area contributed by atoms with E-state index in [2.05, 4.69) is 20.5 Å². The van der Waals surface area contributed by atoms with E-state index in [4.69, 9.17) is 0 Å². The van der Waals surface area contributed by atoms with Crippen molar-refractivity contribution in [2.24, 2.45) is 0 Å². The van der Waals surface area contributed by atoms with E-state index in [0.717, 1.165) is 18.8 Å². The number of aromatic nitrogens is 3. The van der Waals surface area contributed by atoms with Gasteiger partial charge in [-0.3, -0.25) is 9.89 Å². The molecule has 0 aromatic carbocycles. The van der Waals surface area contributed by atoms with Crippen LogP contribution in [0.2, 0.25) is 0 Å². The average molecular weight is 265 g/mol. The van der Waals surface area contributed by atoms with Crippen molar-refractivity contribution in [3.8, 4) is 0 Å². The fourth-order valence-electron chi connectivity index (χ4n) is 2.42. The molecule has 2 N–H and O–H groups in total. The van der Waals surface area contributed by atoms with Crippen LogP contribution in [0.5, 0.6) is 0 Å². The Labute approximate surface area is 114 Å². The number of piperidine rings is 1. The molecule has 1 atom stereocenters. The number of carbonyl (C=O) groups is 1. The summed E-state index contributed by atoms with van der Waals surface area (Å²) >= 11 is 0. The molecule has 0 bridgehead atoms. The molecule has 6 nitrogen and oxygen atoms in total. The van der Waals surface area contributed by atoms with Crippen LogP contribution in [0.3, 0.4) is 0 Å². The van der Waals surface area contributed by atoms with E-state index in [9.17, 15) is 4.79 Å². The first-order valence-electron chi connectivity index (χ1n) is 7.00. The summed E-state index contributed by atoms with van der Waals surface area (Å²) in [5.41, 5.74) is 0. The molecule has 1 amide bonds. The van der Waals surface area contributed by atoms with E-state index in [1.165, 1.54) is 19.3 Å². The number of hydrogen-bond donors (Lipinski definition) is 2. The first-order chi connectivity index (χ1) is 9.15. The molecule has 1 saturated heterocycles. The number of aromatic amines is 1. The fourth-order valence-corrected chi connectivity index (χ4v) is 2.42. The second kappa shape index (κ2) is 6.65. The Morgan fingerprint density at radius 1 is 1.47 bits per heavy atom. The standard InChI is InChI=1S/C13H23N5O/c1-10-15-12(17-16-10)9-18(2)13(19)7-6-11-5-3-4-8-14-11/h11,14H,3-9H2,1-2H3,(H,15,16,17). The molecule has 1 aliphatic heterocycles. The van der Waals surface area contributed by atoms with Crippen LogP contribution in [-0.4, -0.2) is 45.6 Å². The van der Waals surface area contributed by atoms with Gasteiger partial charge in [-0.2, -0.15) is 5.10 Å². The quantitative estimate of drug-likeness (QED) is 0.833. The van der Waals surface area contributed by atoms with Crippen LogP contribution in [-0.2, 0) is 11.3 Å². The number of rotatable bonds is 5. The van der Waals surface area contributed by atoms with Gasteiger partial charge in [-0.25, -0.2) is 4.98 Å². The summed E-state index contributed by atoms with van der Waals surface area (Å²) in [7, 11) is 1.81. The van der Waals surface area contributed by atoms with Gasteiger partial charge in [0, 0.05) is 19.5 Å². The lowest BCUT2D eigenvalue weighted by Crippen LogP contribution is -2.35. The zero-order valence-corrected chi connectivity index (χ0v) is 11.8. The Kier molecular flexibility index (Phi) is 4.90. The molecular weight excluding hydrogens is 242 g/mol. The summed E-state index contributed by atoms with van der Waals surface area (Å²) in [5.74, 6) is 1.61. The highest BCUT2D eigenvalue weighted by molar-refractivity contribution is 5.75. The second-order valence-corrected chi connectivity index (χ2v) is 5.27. The van der Waals surface area contributed by atoms with E-state index in [1.807, 2.05) is 14.0 Å². The Morgan fingerprint density at radius 2 is 2.32 bits per heavy atom. The summed E-state index contributed by atoms with van der Waals surface area (Å²) in [5, 5.41) is 10.3. The molecule has 0 aliphatic carbocycles. The maximum absolute atomic E-state index is 12.0. The molecule has 2 heterocycles. The summed E-state index contributed by atoms with van der Waals surface area (Å²) < 4.78 is 0. The maximum Gasteiger partial charge on any atom is 0.222 e. The topological polar surface area (TPSA) is 73.9 Å². The van der Waals surface area contributed by atoms with Gasteiger partial charge >= 0.3 is 0 Å². The zero-order valence-electron chi connectivity index (χ0n) is 11.8. The van der Waals surface area contributed by atoms with Crippen molar-refractivity contribution in [3.63, 3.8) is 0 Å².